The Morgan fingerprint density at radius 2 is 1.96 bits per heavy atom. The molecule has 5 rings (SSSR count). The largest absolute Gasteiger partial charge is 0.330 e. The van der Waals surface area contributed by atoms with Crippen LogP contribution in [0.15, 0.2) is 59.5 Å². The molecule has 0 N–H and O–H groups in total. The van der Waals surface area contributed by atoms with E-state index in [9.17, 15) is 4.79 Å². The van der Waals surface area contributed by atoms with E-state index < -0.39 is 0 Å². The van der Waals surface area contributed by atoms with Gasteiger partial charge in [0.25, 0.3) is 5.91 Å². The summed E-state index contributed by atoms with van der Waals surface area (Å²) in [6, 6.07) is 13.6. The molecule has 1 aliphatic rings. The third-order valence-corrected chi connectivity index (χ3v) is 5.28. The number of likely N-dealkylation sites (tertiary alicyclic amines) is 1. The van der Waals surface area contributed by atoms with E-state index in [2.05, 4.69) is 15.3 Å². The molecule has 0 bridgehead atoms. The Labute approximate surface area is 161 Å². The van der Waals surface area contributed by atoms with Crippen molar-refractivity contribution in [2.24, 2.45) is 0 Å². The van der Waals surface area contributed by atoms with Crippen LogP contribution in [0, 0.1) is 6.92 Å². The number of hydrogen-bond acceptors (Lipinski definition) is 5. The Balaban J connectivity index is 1.47. The van der Waals surface area contributed by atoms with Gasteiger partial charge < -0.3 is 9.30 Å². The summed E-state index contributed by atoms with van der Waals surface area (Å²) in [5, 5.41) is 7.88. The topological polar surface area (TPSA) is 76.5 Å². The molecule has 4 aromatic rings. The average Bonchev–Trinajstić information content (AvgIpc) is 3.46. The van der Waals surface area contributed by atoms with Crippen molar-refractivity contribution < 1.29 is 9.42 Å². The molecular formula is C21H19N5O2. The Morgan fingerprint density at radius 3 is 2.75 bits per heavy atom. The first-order valence-corrected chi connectivity index (χ1v) is 9.35. The van der Waals surface area contributed by atoms with Gasteiger partial charge in [-0.3, -0.25) is 4.79 Å². The molecule has 7 nitrogen and oxygen atoms in total. The highest BCUT2D eigenvalue weighted by Crippen LogP contribution is 2.33. The fourth-order valence-corrected chi connectivity index (χ4v) is 3.87. The predicted octanol–water partition coefficient (Wildman–Crippen LogP) is 3.67. The Morgan fingerprint density at radius 1 is 1.11 bits per heavy atom. The Kier molecular flexibility index (Phi) is 3.93. The van der Waals surface area contributed by atoms with Crippen LogP contribution >= 0.6 is 0 Å². The normalized spacial score (nSPS) is 16.8. The number of fused-ring (bicyclic) bond motifs is 1. The van der Waals surface area contributed by atoms with E-state index in [1.807, 2.05) is 71.1 Å². The zero-order valence-corrected chi connectivity index (χ0v) is 15.4. The van der Waals surface area contributed by atoms with Crippen LogP contribution in [0.1, 0.15) is 40.6 Å². The third-order valence-electron chi connectivity index (χ3n) is 5.28. The van der Waals surface area contributed by atoms with Crippen LogP contribution in [0.5, 0.6) is 0 Å². The summed E-state index contributed by atoms with van der Waals surface area (Å²) < 4.78 is 6.75. The molecule has 0 saturated carbocycles. The lowest BCUT2D eigenvalue weighted by Gasteiger charge is -2.23. The van der Waals surface area contributed by atoms with Gasteiger partial charge in [0.05, 0.1) is 17.3 Å². The highest BCUT2D eigenvalue weighted by Gasteiger charge is 2.34. The maximum atomic E-state index is 13.2. The first-order valence-electron chi connectivity index (χ1n) is 9.35. The molecule has 1 amide bonds. The van der Waals surface area contributed by atoms with Crippen LogP contribution in [-0.2, 0) is 0 Å². The highest BCUT2D eigenvalue weighted by atomic mass is 16.6. The summed E-state index contributed by atoms with van der Waals surface area (Å²) in [5.74, 6) is -0.0123. The van der Waals surface area contributed by atoms with Crippen LogP contribution < -0.4 is 0 Å². The fourth-order valence-electron chi connectivity index (χ4n) is 3.87. The van der Waals surface area contributed by atoms with Gasteiger partial charge in [-0.05, 0) is 31.9 Å². The summed E-state index contributed by atoms with van der Waals surface area (Å²) in [6.07, 6.45) is 5.61. The standard InChI is InChI=1S/C21H19N5O2/c1-14-20(24-28-23-14)18-8-5-11-26(18)21(27)16-9-10-19-22-17(13-25(19)12-16)15-6-3-2-4-7-15/h2-4,6-7,9-10,12-13,18H,5,8,11H2,1H3/t18-/m1/s1. The van der Waals surface area contributed by atoms with Gasteiger partial charge in [-0.1, -0.05) is 40.6 Å². The number of pyridine rings is 1. The first-order chi connectivity index (χ1) is 13.7. The van der Waals surface area contributed by atoms with Crippen LogP contribution in [0.25, 0.3) is 16.9 Å². The van der Waals surface area contributed by atoms with Crippen LogP contribution in [0.3, 0.4) is 0 Å². The summed E-state index contributed by atoms with van der Waals surface area (Å²) >= 11 is 0. The molecular weight excluding hydrogens is 354 g/mol. The Bertz CT molecular complexity index is 1150. The molecule has 3 aromatic heterocycles. The van der Waals surface area contributed by atoms with Crippen molar-refractivity contribution >= 4 is 11.6 Å². The van der Waals surface area contributed by atoms with Gasteiger partial charge >= 0.3 is 0 Å². The molecule has 1 fully saturated rings. The smallest absolute Gasteiger partial charge is 0.255 e. The fraction of sp³-hybridized carbons (Fsp3) is 0.238. The predicted molar refractivity (Wildman–Crippen MR) is 103 cm³/mol. The number of carbonyl (C=O) groups is 1. The molecule has 140 valence electrons. The number of aromatic nitrogens is 4. The molecule has 1 aromatic carbocycles. The van der Waals surface area contributed by atoms with Gasteiger partial charge in [-0.2, -0.15) is 0 Å². The zero-order valence-electron chi connectivity index (χ0n) is 15.4. The number of rotatable bonds is 3. The molecule has 0 radical (unpaired) electrons. The van der Waals surface area contributed by atoms with E-state index in [-0.39, 0.29) is 11.9 Å². The number of imidazole rings is 1. The number of carbonyl (C=O) groups excluding carboxylic acids is 1. The van der Waals surface area contributed by atoms with Gasteiger partial charge in [0.15, 0.2) is 0 Å². The summed E-state index contributed by atoms with van der Waals surface area (Å²) in [7, 11) is 0. The quantitative estimate of drug-likeness (QED) is 0.548. The van der Waals surface area contributed by atoms with E-state index in [1.165, 1.54) is 0 Å². The summed E-state index contributed by atoms with van der Waals surface area (Å²) in [6.45, 7) is 2.56. The number of aryl methyl sites for hydroxylation is 1. The second-order valence-corrected chi connectivity index (χ2v) is 7.07. The average molecular weight is 373 g/mol. The minimum absolute atomic E-state index is 0.0123. The van der Waals surface area contributed by atoms with Crippen molar-refractivity contribution in [3.05, 3.63) is 71.8 Å². The third kappa shape index (κ3) is 2.76. The highest BCUT2D eigenvalue weighted by molar-refractivity contribution is 5.94. The van der Waals surface area contributed by atoms with Gasteiger partial charge in [0.1, 0.15) is 17.0 Å². The summed E-state index contributed by atoms with van der Waals surface area (Å²) in [5.41, 5.74) is 4.86. The molecule has 1 atom stereocenters. The monoisotopic (exact) mass is 373 g/mol. The molecule has 1 saturated heterocycles. The number of hydrogen-bond donors (Lipinski definition) is 0. The maximum absolute atomic E-state index is 13.2. The van der Waals surface area contributed by atoms with Crippen LogP contribution in [0.2, 0.25) is 0 Å². The summed E-state index contributed by atoms with van der Waals surface area (Å²) in [4.78, 5) is 19.7. The maximum Gasteiger partial charge on any atom is 0.255 e. The van der Waals surface area contributed by atoms with Crippen molar-refractivity contribution in [3.63, 3.8) is 0 Å². The van der Waals surface area contributed by atoms with Crippen molar-refractivity contribution in [2.75, 3.05) is 6.54 Å². The number of nitrogens with zero attached hydrogens (tertiary/aromatic N) is 5. The molecule has 1 aliphatic heterocycles. The van der Waals surface area contributed by atoms with Crippen molar-refractivity contribution in [3.8, 4) is 11.3 Å². The molecule has 0 spiro atoms. The minimum Gasteiger partial charge on any atom is -0.330 e. The van der Waals surface area contributed by atoms with Crippen molar-refractivity contribution in [1.29, 1.82) is 0 Å². The lowest BCUT2D eigenvalue weighted by Crippen LogP contribution is -2.31. The lowest BCUT2D eigenvalue weighted by molar-refractivity contribution is 0.0729. The number of benzene rings is 1. The van der Waals surface area contributed by atoms with E-state index in [4.69, 9.17) is 4.63 Å². The molecule has 0 unspecified atom stereocenters. The molecule has 28 heavy (non-hydrogen) atoms. The van der Waals surface area contributed by atoms with E-state index in [0.29, 0.717) is 12.1 Å². The first kappa shape index (κ1) is 16.7. The second kappa shape index (κ2) is 6.60. The molecule has 0 aliphatic carbocycles. The van der Waals surface area contributed by atoms with E-state index >= 15 is 0 Å². The van der Waals surface area contributed by atoms with E-state index in [0.717, 1.165) is 41.1 Å². The van der Waals surface area contributed by atoms with Gasteiger partial charge in [0.2, 0.25) is 0 Å². The SMILES string of the molecule is Cc1nonc1[C@H]1CCCN1C(=O)c1ccc2nc(-c3ccccc3)cn2c1. The number of amides is 1. The van der Waals surface area contributed by atoms with Crippen molar-refractivity contribution in [1.82, 2.24) is 24.6 Å². The van der Waals surface area contributed by atoms with Gasteiger partial charge in [-0.25, -0.2) is 9.61 Å². The van der Waals surface area contributed by atoms with Gasteiger partial charge in [0, 0.05) is 24.5 Å². The minimum atomic E-state index is -0.0860. The second-order valence-electron chi connectivity index (χ2n) is 7.07. The van der Waals surface area contributed by atoms with Crippen molar-refractivity contribution in [2.45, 2.75) is 25.8 Å². The van der Waals surface area contributed by atoms with Gasteiger partial charge in [-0.15, -0.1) is 0 Å². The Hall–Kier alpha value is -3.48. The van der Waals surface area contributed by atoms with E-state index in [1.54, 1.807) is 0 Å². The van der Waals surface area contributed by atoms with Crippen LogP contribution in [-0.4, -0.2) is 37.0 Å². The molecule has 7 heteroatoms. The van der Waals surface area contributed by atoms with Crippen LogP contribution in [0.4, 0.5) is 0 Å². The zero-order chi connectivity index (χ0) is 19.1. The molecule has 4 heterocycles. The lowest BCUT2D eigenvalue weighted by atomic mass is 10.1.